The number of pyridine rings is 1. The van der Waals surface area contributed by atoms with E-state index >= 15 is 4.39 Å². The first-order valence-corrected chi connectivity index (χ1v) is 6.54. The summed E-state index contributed by atoms with van der Waals surface area (Å²) in [5.41, 5.74) is 5.90. The third-order valence-corrected chi connectivity index (χ3v) is 3.56. The van der Waals surface area contributed by atoms with E-state index in [9.17, 15) is 0 Å². The highest BCUT2D eigenvalue weighted by Gasteiger charge is 2.33. The van der Waals surface area contributed by atoms with Crippen LogP contribution < -0.4 is 5.73 Å². The van der Waals surface area contributed by atoms with E-state index in [1.165, 1.54) is 0 Å². The Morgan fingerprint density at radius 3 is 2.40 bits per heavy atom. The number of hydrogen-bond acceptors (Lipinski definition) is 2. The Bertz CT molecular complexity index is 727. The Hall–Kier alpha value is -2.26. The lowest BCUT2D eigenvalue weighted by Crippen LogP contribution is -2.31. The maximum absolute atomic E-state index is 15.3. The van der Waals surface area contributed by atoms with E-state index in [0.29, 0.717) is 11.1 Å². The molecule has 2 nitrogen and oxygen atoms in total. The zero-order valence-corrected chi connectivity index (χ0v) is 11.0. The fourth-order valence-electron chi connectivity index (χ4n) is 2.39. The third kappa shape index (κ3) is 2.06. The van der Waals surface area contributed by atoms with E-state index in [2.05, 4.69) is 4.98 Å². The molecule has 1 heterocycles. The SMILES string of the molecule is NCC(F)(c1ccccc1)c1cnc2ccccc2c1. The Morgan fingerprint density at radius 1 is 0.950 bits per heavy atom. The summed E-state index contributed by atoms with van der Waals surface area (Å²) in [4.78, 5) is 4.33. The number of para-hydroxylation sites is 1. The Labute approximate surface area is 117 Å². The predicted molar refractivity (Wildman–Crippen MR) is 79.1 cm³/mol. The molecule has 3 heteroatoms. The van der Waals surface area contributed by atoms with Gasteiger partial charge < -0.3 is 5.73 Å². The highest BCUT2D eigenvalue weighted by Crippen LogP contribution is 2.33. The van der Waals surface area contributed by atoms with Crippen molar-refractivity contribution in [2.75, 3.05) is 6.54 Å². The standard InChI is InChI=1S/C17H15FN2/c18-17(12-19,14-7-2-1-3-8-14)15-10-13-6-4-5-9-16(13)20-11-15/h1-11H,12,19H2. The van der Waals surface area contributed by atoms with Crippen molar-refractivity contribution in [3.63, 3.8) is 0 Å². The minimum absolute atomic E-state index is 0.114. The number of aromatic nitrogens is 1. The summed E-state index contributed by atoms with van der Waals surface area (Å²) in [6.45, 7) is -0.114. The van der Waals surface area contributed by atoms with E-state index in [-0.39, 0.29) is 6.54 Å². The molecule has 3 aromatic rings. The first kappa shape index (κ1) is 12.8. The van der Waals surface area contributed by atoms with E-state index in [0.717, 1.165) is 10.9 Å². The topological polar surface area (TPSA) is 38.9 Å². The maximum atomic E-state index is 15.3. The predicted octanol–water partition coefficient (Wildman–Crippen LogP) is 3.41. The first-order valence-electron chi connectivity index (χ1n) is 6.54. The highest BCUT2D eigenvalue weighted by molar-refractivity contribution is 5.79. The molecule has 0 bridgehead atoms. The van der Waals surface area contributed by atoms with Crippen molar-refractivity contribution in [2.45, 2.75) is 5.67 Å². The second-order valence-electron chi connectivity index (χ2n) is 4.79. The van der Waals surface area contributed by atoms with Crippen LogP contribution in [0.3, 0.4) is 0 Å². The van der Waals surface area contributed by atoms with Gasteiger partial charge in [0, 0.05) is 23.7 Å². The molecule has 100 valence electrons. The van der Waals surface area contributed by atoms with E-state index in [1.807, 2.05) is 48.5 Å². The summed E-state index contributed by atoms with van der Waals surface area (Å²) in [6, 6.07) is 18.5. The minimum atomic E-state index is -1.71. The summed E-state index contributed by atoms with van der Waals surface area (Å²) in [5, 5.41) is 0.913. The second kappa shape index (κ2) is 5.02. The lowest BCUT2D eigenvalue weighted by molar-refractivity contribution is 0.232. The van der Waals surface area contributed by atoms with Crippen LogP contribution in [0, 0.1) is 0 Å². The molecule has 2 N–H and O–H groups in total. The molecular weight excluding hydrogens is 251 g/mol. The number of fused-ring (bicyclic) bond motifs is 1. The van der Waals surface area contributed by atoms with Gasteiger partial charge in [-0.1, -0.05) is 48.5 Å². The number of benzene rings is 2. The van der Waals surface area contributed by atoms with Crippen molar-refractivity contribution >= 4 is 10.9 Å². The van der Waals surface area contributed by atoms with Gasteiger partial charge in [0.15, 0.2) is 5.67 Å². The van der Waals surface area contributed by atoms with Crippen LogP contribution in [0.25, 0.3) is 10.9 Å². The molecule has 0 radical (unpaired) electrons. The number of rotatable bonds is 3. The number of nitrogens with two attached hydrogens (primary N) is 1. The average molecular weight is 266 g/mol. The number of alkyl halides is 1. The van der Waals surface area contributed by atoms with Crippen molar-refractivity contribution in [1.29, 1.82) is 0 Å². The summed E-state index contributed by atoms with van der Waals surface area (Å²) >= 11 is 0. The average Bonchev–Trinajstić information content (AvgIpc) is 2.54. The second-order valence-corrected chi connectivity index (χ2v) is 4.79. The summed E-state index contributed by atoms with van der Waals surface area (Å²) < 4.78 is 15.3. The molecule has 0 aliphatic carbocycles. The van der Waals surface area contributed by atoms with E-state index in [1.54, 1.807) is 18.3 Å². The van der Waals surface area contributed by atoms with Crippen LogP contribution in [0.2, 0.25) is 0 Å². The van der Waals surface area contributed by atoms with Crippen molar-refractivity contribution in [1.82, 2.24) is 4.98 Å². The summed E-state index contributed by atoms with van der Waals surface area (Å²) in [7, 11) is 0. The molecule has 0 fully saturated rings. The van der Waals surface area contributed by atoms with Crippen LogP contribution in [0.1, 0.15) is 11.1 Å². The van der Waals surface area contributed by atoms with Gasteiger partial charge in [-0.25, -0.2) is 4.39 Å². The number of nitrogens with zero attached hydrogens (tertiary/aromatic N) is 1. The van der Waals surface area contributed by atoms with Gasteiger partial charge in [0.25, 0.3) is 0 Å². The molecule has 2 aromatic carbocycles. The normalized spacial score (nSPS) is 14.1. The highest BCUT2D eigenvalue weighted by atomic mass is 19.1. The van der Waals surface area contributed by atoms with Crippen molar-refractivity contribution in [3.05, 3.63) is 78.0 Å². The zero-order valence-electron chi connectivity index (χ0n) is 11.0. The van der Waals surface area contributed by atoms with E-state index < -0.39 is 5.67 Å². The quantitative estimate of drug-likeness (QED) is 0.789. The number of hydrogen-bond donors (Lipinski definition) is 1. The molecule has 0 aliphatic rings. The molecule has 0 aliphatic heterocycles. The van der Waals surface area contributed by atoms with Crippen LogP contribution >= 0.6 is 0 Å². The lowest BCUT2D eigenvalue weighted by Gasteiger charge is -2.24. The van der Waals surface area contributed by atoms with Gasteiger partial charge in [0.1, 0.15) is 0 Å². The maximum Gasteiger partial charge on any atom is 0.174 e. The molecule has 0 saturated carbocycles. The monoisotopic (exact) mass is 266 g/mol. The van der Waals surface area contributed by atoms with Crippen molar-refractivity contribution < 1.29 is 4.39 Å². The van der Waals surface area contributed by atoms with Crippen LogP contribution in [0.5, 0.6) is 0 Å². The van der Waals surface area contributed by atoms with Crippen LogP contribution in [-0.2, 0) is 5.67 Å². The van der Waals surface area contributed by atoms with Gasteiger partial charge in [-0.05, 0) is 17.7 Å². The molecule has 0 spiro atoms. The zero-order chi connectivity index (χ0) is 14.0. The van der Waals surface area contributed by atoms with Crippen molar-refractivity contribution in [2.24, 2.45) is 5.73 Å². The Kier molecular flexibility index (Phi) is 3.20. The molecule has 0 saturated heterocycles. The summed E-state index contributed by atoms with van der Waals surface area (Å²) in [6.07, 6.45) is 1.57. The molecule has 1 unspecified atom stereocenters. The minimum Gasteiger partial charge on any atom is -0.327 e. The third-order valence-electron chi connectivity index (χ3n) is 3.56. The molecular formula is C17H15FN2. The molecule has 0 amide bonds. The summed E-state index contributed by atoms with van der Waals surface area (Å²) in [5.74, 6) is 0. The van der Waals surface area contributed by atoms with E-state index in [4.69, 9.17) is 5.73 Å². The molecule has 20 heavy (non-hydrogen) atoms. The van der Waals surface area contributed by atoms with Crippen LogP contribution in [0.15, 0.2) is 66.9 Å². The lowest BCUT2D eigenvalue weighted by atomic mass is 9.88. The fraction of sp³-hybridized carbons (Fsp3) is 0.118. The Morgan fingerprint density at radius 2 is 1.65 bits per heavy atom. The van der Waals surface area contributed by atoms with Gasteiger partial charge >= 0.3 is 0 Å². The van der Waals surface area contributed by atoms with Gasteiger partial charge in [-0.2, -0.15) is 0 Å². The molecule has 3 rings (SSSR count). The number of halogens is 1. The molecule has 1 aromatic heterocycles. The Balaban J connectivity index is 2.16. The first-order chi connectivity index (χ1) is 9.74. The smallest absolute Gasteiger partial charge is 0.174 e. The fourth-order valence-corrected chi connectivity index (χ4v) is 2.39. The molecule has 1 atom stereocenters. The van der Waals surface area contributed by atoms with Gasteiger partial charge in [0.05, 0.1) is 5.52 Å². The van der Waals surface area contributed by atoms with Gasteiger partial charge in [-0.15, -0.1) is 0 Å². The van der Waals surface area contributed by atoms with Gasteiger partial charge in [-0.3, -0.25) is 4.98 Å². The van der Waals surface area contributed by atoms with Crippen LogP contribution in [0.4, 0.5) is 4.39 Å². The van der Waals surface area contributed by atoms with Crippen LogP contribution in [-0.4, -0.2) is 11.5 Å². The largest absolute Gasteiger partial charge is 0.327 e. The van der Waals surface area contributed by atoms with Gasteiger partial charge in [0.2, 0.25) is 0 Å². The van der Waals surface area contributed by atoms with Crippen molar-refractivity contribution in [3.8, 4) is 0 Å².